The second-order valence-corrected chi connectivity index (χ2v) is 4.49. The Balaban J connectivity index is 2.96. The van der Waals surface area contributed by atoms with Gasteiger partial charge in [0.05, 0.1) is 5.56 Å². The van der Waals surface area contributed by atoms with Gasteiger partial charge in [-0.1, -0.05) is 13.0 Å². The summed E-state index contributed by atoms with van der Waals surface area (Å²) in [6.07, 6.45) is -4.45. The van der Waals surface area contributed by atoms with E-state index in [1.54, 1.807) is 6.92 Å². The van der Waals surface area contributed by atoms with Gasteiger partial charge in [0.1, 0.15) is 11.9 Å². The van der Waals surface area contributed by atoms with Crippen molar-refractivity contribution in [3.8, 4) is 0 Å². The normalized spacial score (nSPS) is 13.6. The number of aliphatic carboxylic acids is 1. The average molecular weight is 293 g/mol. The van der Waals surface area contributed by atoms with E-state index >= 15 is 0 Å². The molecule has 0 aromatic heterocycles. The van der Waals surface area contributed by atoms with Crippen molar-refractivity contribution in [2.75, 3.05) is 7.05 Å². The molecule has 0 fully saturated rings. The molecule has 0 aliphatic rings. The second-order valence-electron chi connectivity index (χ2n) is 4.49. The lowest BCUT2D eigenvalue weighted by molar-refractivity contribution is -0.143. The fourth-order valence-electron chi connectivity index (χ4n) is 1.96. The van der Waals surface area contributed by atoms with E-state index in [1.165, 1.54) is 18.0 Å². The SMILES string of the molecule is CCC(C(=O)O)N(C)Cc1ccc(F)c(C(F)(F)F)c1. The van der Waals surface area contributed by atoms with Crippen molar-refractivity contribution in [2.45, 2.75) is 32.1 Å². The van der Waals surface area contributed by atoms with Crippen LogP contribution in [0.2, 0.25) is 0 Å². The van der Waals surface area contributed by atoms with E-state index in [-0.39, 0.29) is 12.1 Å². The van der Waals surface area contributed by atoms with Gasteiger partial charge in [-0.15, -0.1) is 0 Å². The molecule has 1 aromatic carbocycles. The van der Waals surface area contributed by atoms with Crippen LogP contribution in [0.15, 0.2) is 18.2 Å². The van der Waals surface area contributed by atoms with Gasteiger partial charge in [0, 0.05) is 6.54 Å². The van der Waals surface area contributed by atoms with Gasteiger partial charge in [-0.05, 0) is 31.2 Å². The summed E-state index contributed by atoms with van der Waals surface area (Å²) >= 11 is 0. The number of hydrogen-bond donors (Lipinski definition) is 1. The molecule has 0 bridgehead atoms. The fourth-order valence-corrected chi connectivity index (χ4v) is 1.96. The minimum Gasteiger partial charge on any atom is -0.480 e. The Morgan fingerprint density at radius 2 is 2.00 bits per heavy atom. The standard InChI is InChI=1S/C13H15F4NO2/c1-3-11(12(19)20)18(2)7-8-4-5-10(14)9(6-8)13(15,16)17/h4-6,11H,3,7H2,1-2H3,(H,19,20). The molecule has 1 N–H and O–H groups in total. The van der Waals surface area contributed by atoms with Gasteiger partial charge in [0.2, 0.25) is 0 Å². The number of carboxylic acids is 1. The van der Waals surface area contributed by atoms with Crippen LogP contribution in [0.4, 0.5) is 17.6 Å². The highest BCUT2D eigenvalue weighted by atomic mass is 19.4. The van der Waals surface area contributed by atoms with E-state index in [2.05, 4.69) is 0 Å². The molecule has 1 aromatic rings. The van der Waals surface area contributed by atoms with E-state index in [0.29, 0.717) is 12.5 Å². The zero-order valence-electron chi connectivity index (χ0n) is 11.0. The van der Waals surface area contributed by atoms with Gasteiger partial charge in [0.25, 0.3) is 0 Å². The maximum atomic E-state index is 13.1. The molecule has 0 saturated heterocycles. The summed E-state index contributed by atoms with van der Waals surface area (Å²) in [6, 6.07) is 1.87. The van der Waals surface area contributed by atoms with Crippen LogP contribution < -0.4 is 0 Å². The number of likely N-dealkylation sites (N-methyl/N-ethyl adjacent to an activating group) is 1. The van der Waals surface area contributed by atoms with Gasteiger partial charge >= 0.3 is 12.1 Å². The highest BCUT2D eigenvalue weighted by Gasteiger charge is 2.34. The topological polar surface area (TPSA) is 40.5 Å². The average Bonchev–Trinajstić information content (AvgIpc) is 2.30. The van der Waals surface area contributed by atoms with Gasteiger partial charge < -0.3 is 5.11 Å². The Hall–Kier alpha value is -1.63. The van der Waals surface area contributed by atoms with Crippen molar-refractivity contribution in [2.24, 2.45) is 0 Å². The number of carboxylic acid groups (broad SMARTS) is 1. The fraction of sp³-hybridized carbons (Fsp3) is 0.462. The first-order chi connectivity index (χ1) is 9.16. The van der Waals surface area contributed by atoms with Crippen LogP contribution in [0.5, 0.6) is 0 Å². The van der Waals surface area contributed by atoms with Crippen molar-refractivity contribution in [3.05, 3.63) is 35.1 Å². The third-order valence-electron chi connectivity index (χ3n) is 2.97. The van der Waals surface area contributed by atoms with E-state index < -0.39 is 29.6 Å². The Morgan fingerprint density at radius 3 is 2.45 bits per heavy atom. The predicted octanol–water partition coefficient (Wildman–Crippen LogP) is 3.14. The number of alkyl halides is 3. The van der Waals surface area contributed by atoms with Crippen LogP contribution in [0.1, 0.15) is 24.5 Å². The minimum absolute atomic E-state index is 0.00579. The Bertz CT molecular complexity index is 488. The van der Waals surface area contributed by atoms with Crippen LogP contribution in [-0.4, -0.2) is 29.1 Å². The molecule has 0 aliphatic heterocycles. The molecule has 20 heavy (non-hydrogen) atoms. The van der Waals surface area contributed by atoms with Crippen molar-refractivity contribution in [1.29, 1.82) is 0 Å². The second kappa shape index (κ2) is 6.21. The highest BCUT2D eigenvalue weighted by Crippen LogP contribution is 2.32. The summed E-state index contributed by atoms with van der Waals surface area (Å²) in [7, 11) is 1.50. The van der Waals surface area contributed by atoms with E-state index in [4.69, 9.17) is 5.11 Å². The number of nitrogens with zero attached hydrogens (tertiary/aromatic N) is 1. The third kappa shape index (κ3) is 3.93. The van der Waals surface area contributed by atoms with Gasteiger partial charge in [0.15, 0.2) is 0 Å². The molecule has 0 aliphatic carbocycles. The van der Waals surface area contributed by atoms with Crippen molar-refractivity contribution in [3.63, 3.8) is 0 Å². The van der Waals surface area contributed by atoms with E-state index in [9.17, 15) is 22.4 Å². The van der Waals surface area contributed by atoms with Crippen molar-refractivity contribution in [1.82, 2.24) is 4.90 Å². The lowest BCUT2D eigenvalue weighted by atomic mass is 10.1. The van der Waals surface area contributed by atoms with Crippen molar-refractivity contribution >= 4 is 5.97 Å². The summed E-state index contributed by atoms with van der Waals surface area (Å²) < 4.78 is 50.8. The molecule has 1 atom stereocenters. The maximum absolute atomic E-state index is 13.1. The summed E-state index contributed by atoms with van der Waals surface area (Å²) in [5.41, 5.74) is -1.13. The molecule has 112 valence electrons. The Kier molecular flexibility index (Phi) is 5.10. The summed E-state index contributed by atoms with van der Waals surface area (Å²) in [6.45, 7) is 1.66. The molecule has 7 heteroatoms. The van der Waals surface area contributed by atoms with E-state index in [0.717, 1.165) is 6.07 Å². The van der Waals surface area contributed by atoms with E-state index in [1.807, 2.05) is 0 Å². The zero-order valence-corrected chi connectivity index (χ0v) is 11.0. The van der Waals surface area contributed by atoms with Gasteiger partial charge in [-0.2, -0.15) is 13.2 Å². The lowest BCUT2D eigenvalue weighted by Gasteiger charge is -2.23. The molecule has 0 amide bonds. The molecular weight excluding hydrogens is 278 g/mol. The molecule has 1 rings (SSSR count). The molecule has 3 nitrogen and oxygen atoms in total. The Morgan fingerprint density at radius 1 is 1.40 bits per heavy atom. The molecule has 0 radical (unpaired) electrons. The number of benzene rings is 1. The number of halogens is 4. The van der Waals surface area contributed by atoms with Crippen LogP contribution in [0.3, 0.4) is 0 Å². The first kappa shape index (κ1) is 16.4. The predicted molar refractivity (Wildman–Crippen MR) is 64.6 cm³/mol. The van der Waals surface area contributed by atoms with Crippen LogP contribution in [-0.2, 0) is 17.5 Å². The van der Waals surface area contributed by atoms with Gasteiger partial charge in [-0.25, -0.2) is 4.39 Å². The van der Waals surface area contributed by atoms with Crippen LogP contribution >= 0.6 is 0 Å². The smallest absolute Gasteiger partial charge is 0.419 e. The highest BCUT2D eigenvalue weighted by molar-refractivity contribution is 5.73. The number of hydrogen-bond acceptors (Lipinski definition) is 2. The third-order valence-corrected chi connectivity index (χ3v) is 2.97. The maximum Gasteiger partial charge on any atom is 0.419 e. The molecule has 0 heterocycles. The van der Waals surface area contributed by atoms with Gasteiger partial charge in [-0.3, -0.25) is 9.69 Å². The zero-order chi connectivity index (χ0) is 15.5. The lowest BCUT2D eigenvalue weighted by Crippen LogP contribution is -2.37. The molecule has 0 saturated carbocycles. The first-order valence-corrected chi connectivity index (χ1v) is 5.95. The molecule has 0 spiro atoms. The minimum atomic E-state index is -4.77. The number of rotatable bonds is 5. The van der Waals surface area contributed by atoms with Crippen LogP contribution in [0, 0.1) is 5.82 Å². The number of carbonyl (C=O) groups is 1. The summed E-state index contributed by atoms with van der Waals surface area (Å²) in [4.78, 5) is 12.4. The summed E-state index contributed by atoms with van der Waals surface area (Å²) in [5, 5.41) is 8.97. The monoisotopic (exact) mass is 293 g/mol. The first-order valence-electron chi connectivity index (χ1n) is 5.95. The largest absolute Gasteiger partial charge is 0.480 e. The van der Waals surface area contributed by atoms with Crippen molar-refractivity contribution < 1.29 is 27.5 Å². The van der Waals surface area contributed by atoms with Crippen LogP contribution in [0.25, 0.3) is 0 Å². The molecule has 1 unspecified atom stereocenters. The summed E-state index contributed by atoms with van der Waals surface area (Å²) in [5.74, 6) is -2.39. The molecular formula is C13H15F4NO2. The quantitative estimate of drug-likeness (QED) is 0.848. The Labute approximate surface area is 113 Å².